The number of hydrogen-bond donors (Lipinski definition) is 3. The van der Waals surface area contributed by atoms with Crippen LogP contribution in [0.3, 0.4) is 0 Å². The van der Waals surface area contributed by atoms with E-state index in [2.05, 4.69) is 22.3 Å². The van der Waals surface area contributed by atoms with E-state index in [4.69, 9.17) is 56.9 Å². The number of ether oxygens (including phenoxy) is 11. The lowest BCUT2D eigenvalue weighted by Gasteiger charge is -2.45. The summed E-state index contributed by atoms with van der Waals surface area (Å²) in [6.07, 6.45) is -12.1. The fourth-order valence-corrected chi connectivity index (χ4v) is 11.8. The molecule has 4 aliphatic heterocycles. The van der Waals surface area contributed by atoms with Crippen LogP contribution in [0.2, 0.25) is 0 Å². The number of Topliss-reactive ketones (excluding diaryl/α,β-unsaturated/α-hetero) is 1. The van der Waals surface area contributed by atoms with Gasteiger partial charge in [-0.3, -0.25) is 28.9 Å². The highest BCUT2D eigenvalue weighted by atomic mass is 16.7. The molecule has 0 radical (unpaired) electrons. The highest BCUT2D eigenvalue weighted by Crippen LogP contribution is 2.40. The first-order valence-electron chi connectivity index (χ1n) is 28.1. The molecular weight excluding hydrogens is 1020 g/mol. The van der Waals surface area contributed by atoms with Gasteiger partial charge in [-0.2, -0.15) is 0 Å². The summed E-state index contributed by atoms with van der Waals surface area (Å²) in [5.41, 5.74) is -1.58. The predicted octanol–water partition coefficient (Wildman–Crippen LogP) is 4.74. The zero-order valence-electron chi connectivity index (χ0n) is 49.8. The standard InChI is InChI=1S/C56H97N3O19/c1-28(2)22-42(62)74-48-35(9)47(30(4)27-70-55-51(68-17)50(67-16)44(63)38(12)73-55)76-53(66)37(11)49(75-43-23-31(5)59(26-33(7)71-43)21-19-20-57-39(13)60)34(8)46(77-54-45(64)41(58-69-18)24-32(6)72-54)29(3)25-56(15,78-40(14)61)52(65)36(48)10/h28-38,43-51,54-55,63-64H,19-27H2,1-18H3,(H,57,60)/b58-41+/t29-,30-,31-,32+,33?,34+,35-,36+,37+,38+,43-,44+,45+,46-,47+,48+,49-,50+,51+,54-,55+,56-/m0/s1. The minimum atomic E-state index is -1.87. The number of cyclic esters (lactones) is 1. The van der Waals surface area contributed by atoms with Gasteiger partial charge in [-0.1, -0.05) is 53.6 Å². The van der Waals surface area contributed by atoms with Gasteiger partial charge in [-0.05, 0) is 66.2 Å². The first-order valence-corrected chi connectivity index (χ1v) is 28.1. The topological polar surface area (TPSA) is 264 Å². The van der Waals surface area contributed by atoms with Crippen LogP contribution in [0.4, 0.5) is 0 Å². The van der Waals surface area contributed by atoms with Crippen LogP contribution in [-0.4, -0.2) is 196 Å². The van der Waals surface area contributed by atoms with Gasteiger partial charge in [0.2, 0.25) is 5.91 Å². The van der Waals surface area contributed by atoms with Crippen molar-refractivity contribution in [2.75, 3.05) is 47.6 Å². The molecule has 78 heavy (non-hydrogen) atoms. The third-order valence-corrected chi connectivity index (χ3v) is 15.8. The van der Waals surface area contributed by atoms with Crippen molar-refractivity contribution in [1.29, 1.82) is 0 Å². The molecule has 3 N–H and O–H groups in total. The minimum Gasteiger partial charge on any atom is -0.461 e. The molecule has 4 aliphatic rings. The molecule has 4 heterocycles. The van der Waals surface area contributed by atoms with Gasteiger partial charge in [0, 0.05) is 90.8 Å². The molecule has 0 bridgehead atoms. The molecule has 4 saturated heterocycles. The lowest BCUT2D eigenvalue weighted by atomic mass is 9.74. The Balaban J connectivity index is 1.93. The van der Waals surface area contributed by atoms with Crippen LogP contribution >= 0.6 is 0 Å². The number of carbonyl (C=O) groups excluding carboxylic acids is 5. The third kappa shape index (κ3) is 18.0. The van der Waals surface area contributed by atoms with Gasteiger partial charge in [0.25, 0.3) is 0 Å². The number of amides is 1. The number of esters is 3. The van der Waals surface area contributed by atoms with Crippen LogP contribution in [-0.2, 0) is 80.9 Å². The number of oxime groups is 1. The minimum absolute atomic E-state index is 0.0143. The molecule has 0 saturated carbocycles. The van der Waals surface area contributed by atoms with Gasteiger partial charge in [-0.25, -0.2) is 0 Å². The molecule has 0 aliphatic carbocycles. The van der Waals surface area contributed by atoms with E-state index in [9.17, 15) is 24.6 Å². The van der Waals surface area contributed by atoms with Crippen molar-refractivity contribution in [1.82, 2.24) is 10.2 Å². The molecule has 1 unspecified atom stereocenters. The Bertz CT molecular complexity index is 1960. The van der Waals surface area contributed by atoms with E-state index in [0.29, 0.717) is 32.5 Å². The summed E-state index contributed by atoms with van der Waals surface area (Å²) >= 11 is 0. The summed E-state index contributed by atoms with van der Waals surface area (Å²) in [7, 11) is 4.27. The van der Waals surface area contributed by atoms with Crippen molar-refractivity contribution < 1.29 is 91.1 Å². The second kappa shape index (κ2) is 30.6. The molecule has 0 aromatic heterocycles. The van der Waals surface area contributed by atoms with E-state index in [1.165, 1.54) is 42.1 Å². The Morgan fingerprint density at radius 2 is 1.49 bits per heavy atom. The summed E-state index contributed by atoms with van der Waals surface area (Å²) < 4.78 is 70.0. The molecule has 22 atom stereocenters. The Morgan fingerprint density at radius 3 is 2.09 bits per heavy atom. The molecule has 22 heteroatoms. The molecule has 0 aromatic carbocycles. The smallest absolute Gasteiger partial charge is 0.311 e. The number of nitrogens with one attached hydrogen (secondary N) is 1. The normalized spacial score (nSPS) is 39.8. The van der Waals surface area contributed by atoms with Crippen LogP contribution in [0.1, 0.15) is 136 Å². The van der Waals surface area contributed by atoms with E-state index >= 15 is 9.59 Å². The molecule has 4 fully saturated rings. The van der Waals surface area contributed by atoms with E-state index in [1.54, 1.807) is 41.5 Å². The van der Waals surface area contributed by atoms with Crippen LogP contribution in [0.5, 0.6) is 0 Å². The number of ketones is 1. The Hall–Kier alpha value is -3.42. The number of methoxy groups -OCH3 is 2. The SMILES string of the molecule is CO/N=C1\C[C@@H](C)O[C@@H](O[C@@H]2[C@@H](C)[C@H](O[C@H]3C[C@H](C)N(CCCNC(C)=O)CC(C)O3)[C@@H](C)C(=O)O[C@H]([C@@H](C)CO[C@@H]3O[C@H](C)[C@@H](O)[C@@H](OC)[C@H]3OC)[C@H](C)[C@@H](OC(=O)CC(C)C)[C@@H](C)C(=O)[C@@](C)(OC(C)=O)C[C@@H]2C)[C@@H]1O. The van der Waals surface area contributed by atoms with E-state index in [-0.39, 0.29) is 55.6 Å². The maximum Gasteiger partial charge on any atom is 0.311 e. The first kappa shape index (κ1) is 67.1. The highest BCUT2D eigenvalue weighted by Gasteiger charge is 2.52. The van der Waals surface area contributed by atoms with Crippen LogP contribution < -0.4 is 5.32 Å². The maximum absolute atomic E-state index is 15.5. The molecule has 1 amide bonds. The van der Waals surface area contributed by atoms with E-state index in [1.807, 2.05) is 34.6 Å². The van der Waals surface area contributed by atoms with Crippen molar-refractivity contribution in [2.45, 2.75) is 234 Å². The van der Waals surface area contributed by atoms with E-state index < -0.39 is 145 Å². The lowest BCUT2D eigenvalue weighted by Crippen LogP contribution is -2.59. The lowest BCUT2D eigenvalue weighted by molar-refractivity contribution is -0.305. The van der Waals surface area contributed by atoms with Crippen molar-refractivity contribution in [3.05, 3.63) is 0 Å². The molecule has 0 aromatic rings. The number of nitrogens with zero attached hydrogens (tertiary/aromatic N) is 2. The number of hydrogen-bond acceptors (Lipinski definition) is 21. The van der Waals surface area contributed by atoms with Crippen molar-refractivity contribution in [2.24, 2.45) is 46.6 Å². The summed E-state index contributed by atoms with van der Waals surface area (Å²) in [5.74, 6) is -8.15. The van der Waals surface area contributed by atoms with Gasteiger partial charge >= 0.3 is 17.9 Å². The molecule has 450 valence electrons. The summed E-state index contributed by atoms with van der Waals surface area (Å²) in [6, 6.07) is -0.0692. The predicted molar refractivity (Wildman–Crippen MR) is 284 cm³/mol. The van der Waals surface area contributed by atoms with Crippen molar-refractivity contribution in [3.63, 3.8) is 0 Å². The second-order valence-electron chi connectivity index (χ2n) is 23.3. The van der Waals surface area contributed by atoms with Crippen LogP contribution in [0.25, 0.3) is 0 Å². The van der Waals surface area contributed by atoms with Crippen molar-refractivity contribution in [3.8, 4) is 0 Å². The fraction of sp³-hybridized carbons (Fsp3) is 0.893. The summed E-state index contributed by atoms with van der Waals surface area (Å²) in [6.45, 7) is 27.6. The van der Waals surface area contributed by atoms with Gasteiger partial charge in [0.05, 0.1) is 54.7 Å². The van der Waals surface area contributed by atoms with E-state index in [0.717, 1.165) is 0 Å². The van der Waals surface area contributed by atoms with Crippen molar-refractivity contribution >= 4 is 35.3 Å². The molecule has 4 rings (SSSR count). The zero-order valence-corrected chi connectivity index (χ0v) is 49.8. The fourth-order valence-electron chi connectivity index (χ4n) is 11.8. The zero-order chi connectivity index (χ0) is 58.5. The summed E-state index contributed by atoms with van der Waals surface area (Å²) in [5, 5.41) is 29.6. The average molecular weight is 1120 g/mol. The largest absolute Gasteiger partial charge is 0.461 e. The number of aliphatic hydroxyl groups is 2. The van der Waals surface area contributed by atoms with Gasteiger partial charge < -0.3 is 72.5 Å². The van der Waals surface area contributed by atoms with Gasteiger partial charge in [0.15, 0.2) is 30.3 Å². The first-order chi connectivity index (χ1) is 36.6. The number of carbonyl (C=O) groups is 5. The molecule has 22 nitrogen and oxygen atoms in total. The maximum atomic E-state index is 15.5. The Kier molecular flexibility index (Phi) is 26.3. The quantitative estimate of drug-likeness (QED) is 0.0683. The summed E-state index contributed by atoms with van der Waals surface area (Å²) in [4.78, 5) is 77.0. The van der Waals surface area contributed by atoms with Crippen LogP contribution in [0.15, 0.2) is 5.16 Å². The average Bonchev–Trinajstić information content (AvgIpc) is 3.49. The highest BCUT2D eigenvalue weighted by molar-refractivity contribution is 5.91. The van der Waals surface area contributed by atoms with Gasteiger partial charge in [-0.15, -0.1) is 0 Å². The Labute approximate surface area is 463 Å². The second-order valence-corrected chi connectivity index (χ2v) is 23.3. The monoisotopic (exact) mass is 1120 g/mol. The van der Waals surface area contributed by atoms with Gasteiger partial charge in [0.1, 0.15) is 43.7 Å². The number of rotatable bonds is 19. The third-order valence-electron chi connectivity index (χ3n) is 15.8. The number of aliphatic hydroxyl groups excluding tert-OH is 2. The van der Waals surface area contributed by atoms with Crippen LogP contribution in [0, 0.1) is 41.4 Å². The Morgan fingerprint density at radius 1 is 0.821 bits per heavy atom. The molecule has 0 spiro atoms. The molecular formula is C56H97N3O19.